The zero-order valence-electron chi connectivity index (χ0n) is 10.1. The lowest BCUT2D eigenvalue weighted by Gasteiger charge is -2.08. The Kier molecular flexibility index (Phi) is 4.98. The van der Waals surface area contributed by atoms with E-state index in [1.54, 1.807) is 24.0 Å². The third-order valence-electron chi connectivity index (χ3n) is 2.11. The molecule has 0 radical (unpaired) electrons. The second kappa shape index (κ2) is 6.27. The lowest BCUT2D eigenvalue weighted by molar-refractivity contribution is 0.0756. The van der Waals surface area contributed by atoms with E-state index in [9.17, 15) is 4.79 Å². The Morgan fingerprint density at radius 1 is 1.62 bits per heavy atom. The fraction of sp³-hybridized carbons (Fsp3) is 0.636. The molecular formula is C11H19N3O2. The van der Waals surface area contributed by atoms with Crippen LogP contribution in [0.4, 0.5) is 0 Å². The molecule has 1 heterocycles. The zero-order valence-corrected chi connectivity index (χ0v) is 10.1. The van der Waals surface area contributed by atoms with Gasteiger partial charge in [-0.25, -0.2) is 0 Å². The van der Waals surface area contributed by atoms with Gasteiger partial charge in [0.15, 0.2) is 0 Å². The molecule has 16 heavy (non-hydrogen) atoms. The van der Waals surface area contributed by atoms with Gasteiger partial charge in [0.25, 0.3) is 5.91 Å². The highest BCUT2D eigenvalue weighted by Gasteiger charge is 2.08. The molecular weight excluding hydrogens is 206 g/mol. The Hall–Kier alpha value is -1.36. The number of aryl methyl sites for hydroxylation is 1. The number of carbonyl (C=O) groups excluding carboxylic acids is 1. The number of aromatic nitrogens is 2. The van der Waals surface area contributed by atoms with Gasteiger partial charge in [-0.15, -0.1) is 0 Å². The van der Waals surface area contributed by atoms with Crippen LogP contribution in [0.2, 0.25) is 0 Å². The number of carbonyl (C=O) groups is 1. The van der Waals surface area contributed by atoms with Gasteiger partial charge in [-0.1, -0.05) is 0 Å². The van der Waals surface area contributed by atoms with E-state index >= 15 is 0 Å². The summed E-state index contributed by atoms with van der Waals surface area (Å²) in [5, 5.41) is 6.76. The molecule has 0 aromatic carbocycles. The van der Waals surface area contributed by atoms with Gasteiger partial charge in [-0.2, -0.15) is 5.10 Å². The maximum atomic E-state index is 11.6. The average Bonchev–Trinajstić information content (AvgIpc) is 2.63. The first-order valence-electron chi connectivity index (χ1n) is 5.49. The molecule has 1 aromatic heterocycles. The predicted molar refractivity (Wildman–Crippen MR) is 61.2 cm³/mol. The summed E-state index contributed by atoms with van der Waals surface area (Å²) in [7, 11) is 1.75. The fourth-order valence-electron chi connectivity index (χ4n) is 1.28. The first kappa shape index (κ1) is 12.7. The van der Waals surface area contributed by atoms with E-state index in [1.165, 1.54) is 0 Å². The Bertz CT molecular complexity index is 334. The summed E-state index contributed by atoms with van der Waals surface area (Å²) < 4.78 is 6.92. The van der Waals surface area contributed by atoms with Gasteiger partial charge in [0, 0.05) is 26.4 Å². The molecule has 0 aliphatic rings. The molecule has 0 saturated carbocycles. The number of hydrogen-bond acceptors (Lipinski definition) is 3. The van der Waals surface area contributed by atoms with Crippen LogP contribution in [-0.4, -0.2) is 34.9 Å². The van der Waals surface area contributed by atoms with Crippen LogP contribution in [0, 0.1) is 0 Å². The van der Waals surface area contributed by atoms with E-state index in [-0.39, 0.29) is 12.0 Å². The van der Waals surface area contributed by atoms with Crippen molar-refractivity contribution in [3.8, 4) is 0 Å². The highest BCUT2D eigenvalue weighted by atomic mass is 16.5. The quantitative estimate of drug-likeness (QED) is 0.734. The summed E-state index contributed by atoms with van der Waals surface area (Å²) in [6, 6.07) is 1.69. The normalized spacial score (nSPS) is 10.8. The van der Waals surface area contributed by atoms with Crippen LogP contribution in [-0.2, 0) is 11.8 Å². The summed E-state index contributed by atoms with van der Waals surface area (Å²) in [5.41, 5.74) is 0.574. The smallest absolute Gasteiger partial charge is 0.269 e. The molecule has 5 heteroatoms. The Labute approximate surface area is 95.8 Å². The molecule has 1 aromatic rings. The third kappa shape index (κ3) is 4.02. The van der Waals surface area contributed by atoms with Crippen molar-refractivity contribution in [3.63, 3.8) is 0 Å². The van der Waals surface area contributed by atoms with E-state index in [1.807, 2.05) is 13.8 Å². The fourth-order valence-corrected chi connectivity index (χ4v) is 1.28. The SMILES string of the molecule is CC(C)OCCCNC(=O)c1ccnn1C. The summed E-state index contributed by atoms with van der Waals surface area (Å²) in [6.45, 7) is 5.28. The van der Waals surface area contributed by atoms with Gasteiger partial charge in [-0.3, -0.25) is 9.48 Å². The maximum absolute atomic E-state index is 11.6. The van der Waals surface area contributed by atoms with Gasteiger partial charge in [0.2, 0.25) is 0 Å². The highest BCUT2D eigenvalue weighted by molar-refractivity contribution is 5.92. The second-order valence-electron chi connectivity index (χ2n) is 3.87. The maximum Gasteiger partial charge on any atom is 0.269 e. The Morgan fingerprint density at radius 3 is 2.94 bits per heavy atom. The number of amides is 1. The molecule has 1 N–H and O–H groups in total. The molecule has 0 fully saturated rings. The van der Waals surface area contributed by atoms with Gasteiger partial charge in [0.05, 0.1) is 6.10 Å². The van der Waals surface area contributed by atoms with Crippen molar-refractivity contribution in [2.24, 2.45) is 7.05 Å². The van der Waals surface area contributed by atoms with Crippen molar-refractivity contribution < 1.29 is 9.53 Å². The number of nitrogens with zero attached hydrogens (tertiary/aromatic N) is 2. The van der Waals surface area contributed by atoms with Crippen LogP contribution in [0.3, 0.4) is 0 Å². The molecule has 0 aliphatic carbocycles. The molecule has 1 rings (SSSR count). The molecule has 0 atom stereocenters. The lowest BCUT2D eigenvalue weighted by atomic mass is 10.3. The zero-order chi connectivity index (χ0) is 12.0. The first-order chi connectivity index (χ1) is 7.61. The molecule has 1 amide bonds. The van der Waals surface area contributed by atoms with Crippen LogP contribution in [0.5, 0.6) is 0 Å². The third-order valence-corrected chi connectivity index (χ3v) is 2.11. The van der Waals surface area contributed by atoms with Gasteiger partial charge in [0.1, 0.15) is 5.69 Å². The molecule has 0 spiro atoms. The second-order valence-corrected chi connectivity index (χ2v) is 3.87. The van der Waals surface area contributed by atoms with Crippen LogP contribution < -0.4 is 5.32 Å². The molecule has 0 bridgehead atoms. The number of nitrogens with one attached hydrogen (secondary N) is 1. The van der Waals surface area contributed by atoms with Gasteiger partial charge >= 0.3 is 0 Å². The van der Waals surface area contributed by atoms with E-state index in [0.29, 0.717) is 18.8 Å². The summed E-state index contributed by atoms with van der Waals surface area (Å²) in [6.07, 6.45) is 2.67. The van der Waals surface area contributed by atoms with Crippen molar-refractivity contribution in [1.82, 2.24) is 15.1 Å². The highest BCUT2D eigenvalue weighted by Crippen LogP contribution is 1.96. The number of ether oxygens (including phenoxy) is 1. The monoisotopic (exact) mass is 225 g/mol. The molecule has 90 valence electrons. The van der Waals surface area contributed by atoms with Crippen molar-refractivity contribution in [2.45, 2.75) is 26.4 Å². The van der Waals surface area contributed by atoms with Crippen molar-refractivity contribution in [2.75, 3.05) is 13.2 Å². The van der Waals surface area contributed by atoms with E-state index < -0.39 is 0 Å². The Morgan fingerprint density at radius 2 is 2.38 bits per heavy atom. The molecule has 0 saturated heterocycles. The molecule has 5 nitrogen and oxygen atoms in total. The summed E-state index contributed by atoms with van der Waals surface area (Å²) in [4.78, 5) is 11.6. The van der Waals surface area contributed by atoms with Crippen LogP contribution in [0.15, 0.2) is 12.3 Å². The van der Waals surface area contributed by atoms with Crippen LogP contribution >= 0.6 is 0 Å². The van der Waals surface area contributed by atoms with E-state index in [2.05, 4.69) is 10.4 Å². The lowest BCUT2D eigenvalue weighted by Crippen LogP contribution is -2.27. The van der Waals surface area contributed by atoms with Crippen molar-refractivity contribution in [1.29, 1.82) is 0 Å². The Balaban J connectivity index is 2.19. The van der Waals surface area contributed by atoms with E-state index in [4.69, 9.17) is 4.74 Å². The standard InChI is InChI=1S/C11H19N3O2/c1-9(2)16-8-4-6-12-11(15)10-5-7-13-14(10)3/h5,7,9H,4,6,8H2,1-3H3,(H,12,15). The van der Waals surface area contributed by atoms with Crippen molar-refractivity contribution in [3.05, 3.63) is 18.0 Å². The van der Waals surface area contributed by atoms with Gasteiger partial charge < -0.3 is 10.1 Å². The average molecular weight is 225 g/mol. The number of hydrogen-bond donors (Lipinski definition) is 1. The minimum Gasteiger partial charge on any atom is -0.379 e. The van der Waals surface area contributed by atoms with Gasteiger partial charge in [-0.05, 0) is 26.3 Å². The largest absolute Gasteiger partial charge is 0.379 e. The molecule has 0 unspecified atom stereocenters. The molecule has 0 aliphatic heterocycles. The van der Waals surface area contributed by atoms with Crippen molar-refractivity contribution >= 4 is 5.91 Å². The number of rotatable bonds is 6. The van der Waals surface area contributed by atoms with Crippen LogP contribution in [0.25, 0.3) is 0 Å². The minimum atomic E-state index is -0.0930. The van der Waals surface area contributed by atoms with E-state index in [0.717, 1.165) is 6.42 Å². The topological polar surface area (TPSA) is 56.1 Å². The first-order valence-corrected chi connectivity index (χ1v) is 5.49. The summed E-state index contributed by atoms with van der Waals surface area (Å²) >= 11 is 0. The van der Waals surface area contributed by atoms with Crippen LogP contribution in [0.1, 0.15) is 30.8 Å². The predicted octanol–water partition coefficient (Wildman–Crippen LogP) is 0.965. The minimum absolute atomic E-state index is 0.0930. The summed E-state index contributed by atoms with van der Waals surface area (Å²) in [5.74, 6) is -0.0930.